The fourth-order valence-electron chi connectivity index (χ4n) is 5.89. The van der Waals surface area contributed by atoms with Gasteiger partial charge in [-0.05, 0) is 48.4 Å². The number of hydrogen-bond donors (Lipinski definition) is 2. The molecule has 0 amide bonds. The van der Waals surface area contributed by atoms with Crippen molar-refractivity contribution in [3.05, 3.63) is 78.5 Å². The molecular formula is C28H22ClN9. The molecule has 8 rings (SSSR count). The fourth-order valence-corrected chi connectivity index (χ4v) is 6.10. The number of aromatic nitrogens is 7. The van der Waals surface area contributed by atoms with Crippen LogP contribution in [0.4, 0.5) is 5.82 Å². The van der Waals surface area contributed by atoms with E-state index < -0.39 is 0 Å². The van der Waals surface area contributed by atoms with Crippen molar-refractivity contribution in [2.24, 2.45) is 0 Å². The summed E-state index contributed by atoms with van der Waals surface area (Å²) in [6.07, 6.45) is 10.3. The number of nitrogens with zero attached hydrogens (tertiary/aromatic N) is 7. The molecule has 186 valence electrons. The van der Waals surface area contributed by atoms with Gasteiger partial charge in [0.25, 0.3) is 0 Å². The average molecular weight is 520 g/mol. The highest BCUT2D eigenvalue weighted by molar-refractivity contribution is 6.35. The Morgan fingerprint density at radius 1 is 0.921 bits per heavy atom. The molecule has 2 atom stereocenters. The molecule has 6 aromatic rings. The lowest BCUT2D eigenvalue weighted by Crippen LogP contribution is -2.43. The molecule has 10 heteroatoms. The predicted octanol–water partition coefficient (Wildman–Crippen LogP) is 4.60. The van der Waals surface area contributed by atoms with Crippen LogP contribution < -0.4 is 10.2 Å². The first-order chi connectivity index (χ1) is 18.7. The predicted molar refractivity (Wildman–Crippen MR) is 147 cm³/mol. The Kier molecular flexibility index (Phi) is 4.77. The topological polar surface area (TPSA) is 99.9 Å². The van der Waals surface area contributed by atoms with Crippen LogP contribution in [-0.4, -0.2) is 59.9 Å². The summed E-state index contributed by atoms with van der Waals surface area (Å²) in [5, 5.41) is 17.4. The lowest BCUT2D eigenvalue weighted by atomic mass is 9.99. The van der Waals surface area contributed by atoms with Crippen LogP contribution in [0.2, 0.25) is 5.02 Å². The van der Waals surface area contributed by atoms with Crippen LogP contribution in [0.1, 0.15) is 6.42 Å². The zero-order valence-corrected chi connectivity index (χ0v) is 21.0. The third-order valence-electron chi connectivity index (χ3n) is 7.70. The highest BCUT2D eigenvalue weighted by atomic mass is 35.5. The molecule has 2 N–H and O–H groups in total. The lowest BCUT2D eigenvalue weighted by Gasteiger charge is -2.28. The van der Waals surface area contributed by atoms with Gasteiger partial charge >= 0.3 is 0 Å². The van der Waals surface area contributed by atoms with Gasteiger partial charge in [0.15, 0.2) is 5.65 Å². The summed E-state index contributed by atoms with van der Waals surface area (Å²) in [4.78, 5) is 16.3. The molecule has 0 radical (unpaired) electrons. The van der Waals surface area contributed by atoms with Gasteiger partial charge in [-0.25, -0.2) is 14.5 Å². The third-order valence-corrected chi connectivity index (χ3v) is 8.02. The normalized spacial score (nSPS) is 18.7. The number of piperazine rings is 1. The fraction of sp³-hybridized carbons (Fsp3) is 0.179. The number of aromatic amines is 1. The summed E-state index contributed by atoms with van der Waals surface area (Å²) in [5.74, 6) is 1.02. The Morgan fingerprint density at radius 3 is 2.63 bits per heavy atom. The number of anilines is 1. The molecule has 9 nitrogen and oxygen atoms in total. The summed E-state index contributed by atoms with van der Waals surface area (Å²) in [7, 11) is 0. The van der Waals surface area contributed by atoms with E-state index in [-0.39, 0.29) is 0 Å². The van der Waals surface area contributed by atoms with Crippen LogP contribution in [0, 0.1) is 0 Å². The molecule has 2 fully saturated rings. The Balaban J connectivity index is 1.31. The quantitative estimate of drug-likeness (QED) is 0.351. The summed E-state index contributed by atoms with van der Waals surface area (Å²) in [6, 6.07) is 15.1. The summed E-state index contributed by atoms with van der Waals surface area (Å²) >= 11 is 6.46. The minimum absolute atomic E-state index is 0.529. The monoisotopic (exact) mass is 519 g/mol. The Hall–Kier alpha value is -4.34. The van der Waals surface area contributed by atoms with Gasteiger partial charge in [0, 0.05) is 66.5 Å². The molecule has 0 saturated carbocycles. The summed E-state index contributed by atoms with van der Waals surface area (Å²) < 4.78 is 1.91. The van der Waals surface area contributed by atoms with Crippen LogP contribution in [0.15, 0.2) is 73.4 Å². The molecule has 0 aliphatic carbocycles. The number of hydrogen-bond acceptors (Lipinski definition) is 7. The number of rotatable bonds is 4. The Labute approximate surface area is 222 Å². The summed E-state index contributed by atoms with van der Waals surface area (Å²) in [6.45, 7) is 2.04. The van der Waals surface area contributed by atoms with Crippen molar-refractivity contribution in [2.75, 3.05) is 18.0 Å². The Bertz CT molecular complexity index is 1810. The van der Waals surface area contributed by atoms with E-state index in [2.05, 4.69) is 37.5 Å². The maximum absolute atomic E-state index is 6.46. The van der Waals surface area contributed by atoms with Crippen molar-refractivity contribution in [1.29, 1.82) is 0 Å². The number of fused-ring (bicyclic) bond motifs is 4. The first-order valence-corrected chi connectivity index (χ1v) is 13.0. The second kappa shape index (κ2) is 8.34. The van der Waals surface area contributed by atoms with Crippen LogP contribution in [0.5, 0.6) is 0 Å². The first-order valence-electron chi connectivity index (χ1n) is 12.6. The molecular weight excluding hydrogens is 498 g/mol. The van der Waals surface area contributed by atoms with Gasteiger partial charge in [-0.15, -0.1) is 0 Å². The molecule has 2 aliphatic rings. The zero-order valence-electron chi connectivity index (χ0n) is 20.2. The van der Waals surface area contributed by atoms with E-state index in [1.165, 1.54) is 6.42 Å². The minimum atomic E-state index is 0.529. The second-order valence-electron chi connectivity index (χ2n) is 9.83. The number of halogens is 1. The molecule has 7 heterocycles. The van der Waals surface area contributed by atoms with Crippen LogP contribution in [-0.2, 0) is 0 Å². The number of pyridine rings is 2. The van der Waals surface area contributed by atoms with Crippen molar-refractivity contribution in [2.45, 2.75) is 18.5 Å². The van der Waals surface area contributed by atoms with E-state index in [4.69, 9.17) is 26.7 Å². The summed E-state index contributed by atoms with van der Waals surface area (Å²) in [5.41, 5.74) is 7.03. The molecule has 1 aromatic carbocycles. The molecule has 1 unspecified atom stereocenters. The molecule has 2 bridgehead atoms. The zero-order chi connectivity index (χ0) is 25.2. The molecule has 38 heavy (non-hydrogen) atoms. The molecule has 0 spiro atoms. The molecule has 2 saturated heterocycles. The average Bonchev–Trinajstić information content (AvgIpc) is 3.77. The highest BCUT2D eigenvalue weighted by Gasteiger charge is 2.38. The van der Waals surface area contributed by atoms with Crippen molar-refractivity contribution in [3.63, 3.8) is 0 Å². The van der Waals surface area contributed by atoms with Crippen LogP contribution in [0.25, 0.3) is 50.2 Å². The maximum atomic E-state index is 6.46. The van der Waals surface area contributed by atoms with Crippen molar-refractivity contribution >= 4 is 34.0 Å². The van der Waals surface area contributed by atoms with Gasteiger partial charge in [-0.2, -0.15) is 10.2 Å². The van der Waals surface area contributed by atoms with E-state index in [1.807, 2.05) is 47.2 Å². The van der Waals surface area contributed by atoms with Gasteiger partial charge in [-0.3, -0.25) is 10.1 Å². The minimum Gasteiger partial charge on any atom is -0.351 e. The van der Waals surface area contributed by atoms with Gasteiger partial charge < -0.3 is 10.2 Å². The number of H-pyrrole nitrogens is 1. The van der Waals surface area contributed by atoms with E-state index >= 15 is 0 Å². The van der Waals surface area contributed by atoms with E-state index in [0.29, 0.717) is 17.1 Å². The van der Waals surface area contributed by atoms with E-state index in [1.54, 1.807) is 18.6 Å². The Morgan fingerprint density at radius 2 is 1.84 bits per heavy atom. The van der Waals surface area contributed by atoms with Crippen LogP contribution >= 0.6 is 11.6 Å². The van der Waals surface area contributed by atoms with Gasteiger partial charge in [-0.1, -0.05) is 17.7 Å². The molecule has 5 aromatic heterocycles. The van der Waals surface area contributed by atoms with E-state index in [9.17, 15) is 0 Å². The second-order valence-corrected chi connectivity index (χ2v) is 10.2. The van der Waals surface area contributed by atoms with Gasteiger partial charge in [0.1, 0.15) is 11.5 Å². The molecule has 2 aliphatic heterocycles. The van der Waals surface area contributed by atoms with Gasteiger partial charge in [0.05, 0.1) is 28.0 Å². The SMILES string of the molecule is Clc1ccc(-c2c(-c3ccncc3)nn3c(-c4ccc(N5CC6C[C@H]5CN6)nc4)ccnc23)c2cn[nH]c12. The van der Waals surface area contributed by atoms with Crippen LogP contribution in [0.3, 0.4) is 0 Å². The van der Waals surface area contributed by atoms with Crippen molar-refractivity contribution < 1.29 is 0 Å². The lowest BCUT2D eigenvalue weighted by molar-refractivity contribution is 0.576. The van der Waals surface area contributed by atoms with Crippen molar-refractivity contribution in [1.82, 2.24) is 40.1 Å². The standard InChI is InChI=1S/C28H22ClN9/c29-22-3-2-20(21-14-34-35-27(21)22)25-26(16-5-8-30-9-6-16)36-38-23(7-10-31-28(25)38)17-1-4-24(33-12-17)37-15-18-11-19(37)13-32-18/h1-10,12,14,18-19,32H,11,13,15H2,(H,34,35)/t18?,19-/m0/s1. The maximum Gasteiger partial charge on any atom is 0.164 e. The van der Waals surface area contributed by atoms with E-state index in [0.717, 1.165) is 69.1 Å². The number of nitrogens with one attached hydrogen (secondary N) is 2. The smallest absolute Gasteiger partial charge is 0.164 e. The first kappa shape index (κ1) is 21.7. The largest absolute Gasteiger partial charge is 0.351 e. The third kappa shape index (κ3) is 3.25. The number of benzene rings is 1. The van der Waals surface area contributed by atoms with Crippen molar-refractivity contribution in [3.8, 4) is 33.6 Å². The highest BCUT2D eigenvalue weighted by Crippen LogP contribution is 2.40. The van der Waals surface area contributed by atoms with Gasteiger partial charge in [0.2, 0.25) is 0 Å².